The zero-order chi connectivity index (χ0) is 18.0. The summed E-state index contributed by atoms with van der Waals surface area (Å²) < 4.78 is 0. The van der Waals surface area contributed by atoms with Crippen LogP contribution in [0.3, 0.4) is 0 Å². The van der Waals surface area contributed by atoms with E-state index in [-0.39, 0.29) is 12.5 Å². The topological polar surface area (TPSA) is 66.9 Å². The minimum Gasteiger partial charge on any atom is -0.360 e. The van der Waals surface area contributed by atoms with Crippen LogP contribution in [0.4, 0.5) is 11.5 Å². The van der Waals surface area contributed by atoms with Crippen LogP contribution in [0.25, 0.3) is 10.2 Å². The molecule has 0 spiro atoms. The second-order valence-electron chi connectivity index (χ2n) is 6.18. The normalized spacial score (nSPS) is 10.9. The first-order chi connectivity index (χ1) is 12.0. The van der Waals surface area contributed by atoms with Crippen LogP contribution in [-0.2, 0) is 11.2 Å². The van der Waals surface area contributed by atoms with Crippen LogP contribution in [0.5, 0.6) is 0 Å². The van der Waals surface area contributed by atoms with Gasteiger partial charge in [-0.1, -0.05) is 24.6 Å². The molecule has 2 heterocycles. The summed E-state index contributed by atoms with van der Waals surface area (Å²) in [6.07, 6.45) is 2.50. The van der Waals surface area contributed by atoms with E-state index in [4.69, 9.17) is 0 Å². The Hall–Kier alpha value is -2.47. The van der Waals surface area contributed by atoms with E-state index >= 15 is 0 Å². The number of aryl methyl sites for hydroxylation is 4. The number of amides is 1. The third kappa shape index (κ3) is 3.79. The highest BCUT2D eigenvalue weighted by Crippen LogP contribution is 2.28. The fraction of sp³-hybridized carbons (Fsp3) is 0.316. The summed E-state index contributed by atoms with van der Waals surface area (Å²) >= 11 is 1.66. The summed E-state index contributed by atoms with van der Waals surface area (Å²) in [5.74, 6) is 0.612. The van der Waals surface area contributed by atoms with Crippen LogP contribution in [0.1, 0.15) is 28.5 Å². The molecule has 3 aromatic rings. The second kappa shape index (κ2) is 7.19. The van der Waals surface area contributed by atoms with Crippen LogP contribution in [0.2, 0.25) is 0 Å². The van der Waals surface area contributed by atoms with E-state index in [1.165, 1.54) is 16.8 Å². The Balaban J connectivity index is 1.72. The monoisotopic (exact) mass is 354 g/mol. The molecule has 130 valence electrons. The lowest BCUT2D eigenvalue weighted by molar-refractivity contribution is -0.114. The molecule has 0 bridgehead atoms. The van der Waals surface area contributed by atoms with Gasteiger partial charge in [-0.25, -0.2) is 9.97 Å². The number of aromatic nitrogens is 2. The van der Waals surface area contributed by atoms with Crippen LogP contribution in [-0.4, -0.2) is 22.4 Å². The summed E-state index contributed by atoms with van der Waals surface area (Å²) in [5.41, 5.74) is 4.22. The van der Waals surface area contributed by atoms with Gasteiger partial charge in [0.1, 0.15) is 17.0 Å². The molecule has 2 N–H and O–H groups in total. The van der Waals surface area contributed by atoms with Crippen molar-refractivity contribution < 1.29 is 4.79 Å². The van der Waals surface area contributed by atoms with Crippen LogP contribution < -0.4 is 10.6 Å². The summed E-state index contributed by atoms with van der Waals surface area (Å²) in [4.78, 5) is 23.1. The Morgan fingerprint density at radius 1 is 1.12 bits per heavy atom. The molecule has 0 aliphatic rings. The fourth-order valence-corrected chi connectivity index (χ4v) is 3.88. The smallest absolute Gasteiger partial charge is 0.243 e. The largest absolute Gasteiger partial charge is 0.360 e. The molecular weight excluding hydrogens is 332 g/mol. The predicted molar refractivity (Wildman–Crippen MR) is 105 cm³/mol. The maximum atomic E-state index is 12.4. The van der Waals surface area contributed by atoms with E-state index in [0.717, 1.165) is 33.5 Å². The molecule has 0 saturated carbocycles. The first-order valence-corrected chi connectivity index (χ1v) is 9.14. The average Bonchev–Trinajstić information content (AvgIpc) is 3.00. The number of carbonyl (C=O) groups excluding carboxylic acids is 1. The first kappa shape index (κ1) is 17.4. The van der Waals surface area contributed by atoms with Crippen molar-refractivity contribution in [2.75, 3.05) is 17.2 Å². The zero-order valence-corrected chi connectivity index (χ0v) is 15.8. The average molecular weight is 354 g/mol. The van der Waals surface area contributed by atoms with Crippen LogP contribution in [0, 0.1) is 20.8 Å². The SMILES string of the molecule is CCc1cc2c(NCC(=O)Nc3c(C)cc(C)cc3C)ncnc2s1. The van der Waals surface area contributed by atoms with Crippen molar-refractivity contribution in [1.82, 2.24) is 9.97 Å². The van der Waals surface area contributed by atoms with E-state index in [2.05, 4.69) is 52.6 Å². The summed E-state index contributed by atoms with van der Waals surface area (Å²) in [6.45, 7) is 8.35. The minimum atomic E-state index is -0.0900. The molecule has 0 aliphatic carbocycles. The van der Waals surface area contributed by atoms with Crippen LogP contribution >= 0.6 is 11.3 Å². The van der Waals surface area contributed by atoms with Gasteiger partial charge in [0.25, 0.3) is 0 Å². The molecule has 5 nitrogen and oxygen atoms in total. The molecule has 0 aliphatic heterocycles. The third-order valence-electron chi connectivity index (χ3n) is 4.09. The lowest BCUT2D eigenvalue weighted by Crippen LogP contribution is -2.23. The number of anilines is 2. The number of nitrogens with zero attached hydrogens (tertiary/aromatic N) is 2. The van der Waals surface area contributed by atoms with E-state index in [0.29, 0.717) is 5.82 Å². The van der Waals surface area contributed by atoms with Gasteiger partial charge in [0.2, 0.25) is 5.91 Å². The number of fused-ring (bicyclic) bond motifs is 1. The third-order valence-corrected chi connectivity index (χ3v) is 5.27. The summed E-state index contributed by atoms with van der Waals surface area (Å²) in [6, 6.07) is 6.23. The Labute approximate surface area is 151 Å². The molecule has 2 aromatic heterocycles. The predicted octanol–water partition coefficient (Wildman–Crippen LogP) is 4.23. The van der Waals surface area contributed by atoms with Crippen molar-refractivity contribution in [1.29, 1.82) is 0 Å². The molecule has 0 fully saturated rings. The number of hydrogen-bond acceptors (Lipinski definition) is 5. The van der Waals surface area contributed by atoms with Gasteiger partial charge in [0.05, 0.1) is 11.9 Å². The molecule has 0 saturated heterocycles. The number of thiophene rings is 1. The number of hydrogen-bond donors (Lipinski definition) is 2. The summed E-state index contributed by atoms with van der Waals surface area (Å²) in [7, 11) is 0. The maximum Gasteiger partial charge on any atom is 0.243 e. The molecular formula is C19H22N4OS. The van der Waals surface area contributed by atoms with Crippen molar-refractivity contribution in [3.63, 3.8) is 0 Å². The Morgan fingerprint density at radius 3 is 2.52 bits per heavy atom. The Kier molecular flexibility index (Phi) is 4.99. The molecule has 1 amide bonds. The standard InChI is InChI=1S/C19H22N4OS/c1-5-14-8-15-18(21-10-22-19(15)25-14)20-9-16(24)23-17-12(3)6-11(2)7-13(17)4/h6-8,10H,5,9H2,1-4H3,(H,23,24)(H,20,21,22). The lowest BCUT2D eigenvalue weighted by Gasteiger charge is -2.13. The van der Waals surface area contributed by atoms with Crippen molar-refractivity contribution in [2.24, 2.45) is 0 Å². The van der Waals surface area contributed by atoms with Crippen molar-refractivity contribution in [2.45, 2.75) is 34.1 Å². The highest BCUT2D eigenvalue weighted by molar-refractivity contribution is 7.18. The molecule has 6 heteroatoms. The maximum absolute atomic E-state index is 12.4. The van der Waals surface area contributed by atoms with E-state index in [9.17, 15) is 4.79 Å². The zero-order valence-electron chi connectivity index (χ0n) is 14.9. The molecule has 3 rings (SSSR count). The molecule has 0 unspecified atom stereocenters. The lowest BCUT2D eigenvalue weighted by atomic mass is 10.1. The van der Waals surface area contributed by atoms with Gasteiger partial charge in [-0.05, 0) is 44.4 Å². The van der Waals surface area contributed by atoms with Crippen molar-refractivity contribution in [3.8, 4) is 0 Å². The van der Waals surface area contributed by atoms with E-state index in [1.807, 2.05) is 13.8 Å². The molecule has 0 atom stereocenters. The van der Waals surface area contributed by atoms with Gasteiger partial charge in [-0.15, -0.1) is 11.3 Å². The first-order valence-electron chi connectivity index (χ1n) is 8.33. The van der Waals surface area contributed by atoms with Gasteiger partial charge < -0.3 is 10.6 Å². The number of carbonyl (C=O) groups is 1. The second-order valence-corrected chi connectivity index (χ2v) is 7.30. The number of rotatable bonds is 5. The van der Waals surface area contributed by atoms with E-state index < -0.39 is 0 Å². The van der Waals surface area contributed by atoms with Gasteiger partial charge in [0.15, 0.2) is 0 Å². The van der Waals surface area contributed by atoms with Crippen molar-refractivity contribution in [3.05, 3.63) is 46.1 Å². The number of nitrogens with one attached hydrogen (secondary N) is 2. The van der Waals surface area contributed by atoms with Crippen molar-refractivity contribution >= 4 is 39.0 Å². The van der Waals surface area contributed by atoms with Crippen LogP contribution in [0.15, 0.2) is 24.5 Å². The molecule has 0 radical (unpaired) electrons. The fourth-order valence-electron chi connectivity index (χ4n) is 2.95. The molecule has 1 aromatic carbocycles. The summed E-state index contributed by atoms with van der Waals surface area (Å²) in [5, 5.41) is 7.11. The highest BCUT2D eigenvalue weighted by Gasteiger charge is 2.11. The molecule has 25 heavy (non-hydrogen) atoms. The minimum absolute atomic E-state index is 0.0900. The van der Waals surface area contributed by atoms with Gasteiger partial charge in [0, 0.05) is 10.6 Å². The Morgan fingerprint density at radius 2 is 1.84 bits per heavy atom. The quantitative estimate of drug-likeness (QED) is 0.719. The van der Waals surface area contributed by atoms with E-state index in [1.54, 1.807) is 11.3 Å². The van der Waals surface area contributed by atoms with Gasteiger partial charge >= 0.3 is 0 Å². The number of benzene rings is 1. The highest BCUT2D eigenvalue weighted by atomic mass is 32.1. The Bertz CT molecular complexity index is 909. The van der Waals surface area contributed by atoms with Gasteiger partial charge in [-0.3, -0.25) is 4.79 Å². The van der Waals surface area contributed by atoms with Gasteiger partial charge in [-0.2, -0.15) is 0 Å².